The molecule has 134 valence electrons. The molecule has 1 saturated heterocycles. The lowest BCUT2D eigenvalue weighted by molar-refractivity contribution is 0.588. The van der Waals surface area contributed by atoms with E-state index in [-0.39, 0.29) is 9.79 Å². The van der Waals surface area contributed by atoms with Crippen LogP contribution in [0.5, 0.6) is 0 Å². The zero-order chi connectivity index (χ0) is 17.9. The normalized spacial score (nSPS) is 15.2. The minimum atomic E-state index is -3.72. The summed E-state index contributed by atoms with van der Waals surface area (Å²) in [5.41, 5.74) is 1.57. The van der Waals surface area contributed by atoms with E-state index in [1.165, 1.54) is 12.1 Å². The van der Waals surface area contributed by atoms with Gasteiger partial charge >= 0.3 is 0 Å². The third-order valence-corrected chi connectivity index (χ3v) is 6.05. The first-order valence-electron chi connectivity index (χ1n) is 8.36. The van der Waals surface area contributed by atoms with E-state index >= 15 is 0 Å². The van der Waals surface area contributed by atoms with Crippen LogP contribution >= 0.6 is 0 Å². The standard InChI is InChI=1S/C18H22FN3O2S/c1-2-21-17-13-15(22-11-9-20-10-12-22)5-8-18(17)25(23,24)16-6-3-14(19)4-7-16/h3-8,13,20-21H,2,9-12H2,1H3. The molecule has 1 fully saturated rings. The van der Waals surface area contributed by atoms with Crippen molar-refractivity contribution in [3.63, 3.8) is 0 Å². The number of rotatable bonds is 5. The molecule has 0 spiro atoms. The van der Waals surface area contributed by atoms with Gasteiger partial charge in [0.05, 0.1) is 15.5 Å². The Morgan fingerprint density at radius 2 is 1.80 bits per heavy atom. The number of nitrogens with one attached hydrogen (secondary N) is 2. The molecule has 7 heteroatoms. The molecule has 2 N–H and O–H groups in total. The lowest BCUT2D eigenvalue weighted by atomic mass is 10.2. The predicted octanol–water partition coefficient (Wildman–Crippen LogP) is 2.50. The maximum Gasteiger partial charge on any atom is 0.208 e. The number of anilines is 2. The van der Waals surface area contributed by atoms with Crippen molar-refractivity contribution in [2.45, 2.75) is 16.7 Å². The minimum absolute atomic E-state index is 0.0861. The molecule has 0 bridgehead atoms. The van der Waals surface area contributed by atoms with Crippen LogP contribution in [0.4, 0.5) is 15.8 Å². The minimum Gasteiger partial charge on any atom is -0.384 e. The van der Waals surface area contributed by atoms with E-state index in [9.17, 15) is 12.8 Å². The number of nitrogens with zero attached hydrogens (tertiary/aromatic N) is 1. The second kappa shape index (κ2) is 7.41. The maximum absolute atomic E-state index is 13.1. The van der Waals surface area contributed by atoms with Crippen LogP contribution in [-0.4, -0.2) is 41.1 Å². The summed E-state index contributed by atoms with van der Waals surface area (Å²) in [7, 11) is -3.72. The zero-order valence-electron chi connectivity index (χ0n) is 14.1. The topological polar surface area (TPSA) is 61.4 Å². The molecule has 5 nitrogen and oxygen atoms in total. The number of benzene rings is 2. The van der Waals surface area contributed by atoms with Gasteiger partial charge in [-0.25, -0.2) is 12.8 Å². The van der Waals surface area contributed by atoms with Gasteiger partial charge in [-0.3, -0.25) is 0 Å². The number of sulfone groups is 1. The highest BCUT2D eigenvalue weighted by Crippen LogP contribution is 2.31. The summed E-state index contributed by atoms with van der Waals surface area (Å²) in [6.07, 6.45) is 0. The van der Waals surface area contributed by atoms with Crippen LogP contribution in [0.1, 0.15) is 6.92 Å². The first-order valence-corrected chi connectivity index (χ1v) is 9.85. The van der Waals surface area contributed by atoms with Gasteiger partial charge in [-0.05, 0) is 49.4 Å². The lowest BCUT2D eigenvalue weighted by Gasteiger charge is -2.30. The fourth-order valence-electron chi connectivity index (χ4n) is 2.94. The molecule has 2 aromatic carbocycles. The van der Waals surface area contributed by atoms with Crippen LogP contribution < -0.4 is 15.5 Å². The van der Waals surface area contributed by atoms with Crippen molar-refractivity contribution < 1.29 is 12.8 Å². The second-order valence-corrected chi connectivity index (χ2v) is 7.82. The average Bonchev–Trinajstić information content (AvgIpc) is 2.63. The molecule has 25 heavy (non-hydrogen) atoms. The second-order valence-electron chi connectivity index (χ2n) is 5.91. The molecule has 1 aliphatic rings. The van der Waals surface area contributed by atoms with Gasteiger partial charge in [0.25, 0.3) is 0 Å². The predicted molar refractivity (Wildman–Crippen MR) is 97.5 cm³/mol. The smallest absolute Gasteiger partial charge is 0.208 e. The summed E-state index contributed by atoms with van der Waals surface area (Å²) >= 11 is 0. The van der Waals surface area contributed by atoms with Gasteiger partial charge in [-0.15, -0.1) is 0 Å². The molecule has 1 aliphatic heterocycles. The molecule has 2 aromatic rings. The summed E-state index contributed by atoms with van der Waals surface area (Å²) in [6, 6.07) is 10.3. The van der Waals surface area contributed by atoms with Crippen molar-refractivity contribution in [1.82, 2.24) is 5.32 Å². The monoisotopic (exact) mass is 363 g/mol. The van der Waals surface area contributed by atoms with E-state index in [0.717, 1.165) is 44.0 Å². The Hall–Kier alpha value is -2.12. The molecule has 0 aromatic heterocycles. The third-order valence-electron chi connectivity index (χ3n) is 4.23. The van der Waals surface area contributed by atoms with Crippen molar-refractivity contribution in [3.8, 4) is 0 Å². The maximum atomic E-state index is 13.1. The van der Waals surface area contributed by atoms with Crippen LogP contribution in [0.2, 0.25) is 0 Å². The van der Waals surface area contributed by atoms with E-state index in [1.54, 1.807) is 6.07 Å². The average molecular weight is 363 g/mol. The van der Waals surface area contributed by atoms with Crippen LogP contribution in [0, 0.1) is 5.82 Å². The molecular formula is C18H22FN3O2S. The highest BCUT2D eigenvalue weighted by Gasteiger charge is 2.23. The molecule has 0 radical (unpaired) electrons. The summed E-state index contributed by atoms with van der Waals surface area (Å²) in [5, 5.41) is 6.45. The number of hydrogen-bond acceptors (Lipinski definition) is 5. The summed E-state index contributed by atoms with van der Waals surface area (Å²) in [6.45, 7) is 6.12. The number of hydrogen-bond donors (Lipinski definition) is 2. The van der Waals surface area contributed by atoms with Gasteiger partial charge in [-0.1, -0.05) is 0 Å². The Balaban J connectivity index is 2.01. The fourth-order valence-corrected chi connectivity index (χ4v) is 4.36. The van der Waals surface area contributed by atoms with Gasteiger partial charge in [0.15, 0.2) is 0 Å². The Morgan fingerprint density at radius 3 is 2.44 bits per heavy atom. The van der Waals surface area contributed by atoms with E-state index < -0.39 is 15.7 Å². The molecule has 1 heterocycles. The van der Waals surface area contributed by atoms with Crippen molar-refractivity contribution in [2.24, 2.45) is 0 Å². The quantitative estimate of drug-likeness (QED) is 0.800. The Labute approximate surface area is 147 Å². The number of piperazine rings is 1. The Bertz CT molecular complexity index is 832. The zero-order valence-corrected chi connectivity index (χ0v) is 14.9. The van der Waals surface area contributed by atoms with Crippen molar-refractivity contribution in [1.29, 1.82) is 0 Å². The summed E-state index contributed by atoms with van der Waals surface area (Å²) < 4.78 is 39.0. The molecule has 0 saturated carbocycles. The SMILES string of the molecule is CCNc1cc(N2CCNCC2)ccc1S(=O)(=O)c1ccc(F)cc1. The lowest BCUT2D eigenvalue weighted by Crippen LogP contribution is -2.43. The van der Waals surface area contributed by atoms with E-state index in [4.69, 9.17) is 0 Å². The molecule has 0 unspecified atom stereocenters. The number of halogens is 1. The van der Waals surface area contributed by atoms with Crippen LogP contribution in [-0.2, 0) is 9.84 Å². The highest BCUT2D eigenvalue weighted by molar-refractivity contribution is 7.91. The van der Waals surface area contributed by atoms with Crippen LogP contribution in [0.15, 0.2) is 52.3 Å². The van der Waals surface area contributed by atoms with E-state index in [2.05, 4.69) is 15.5 Å². The van der Waals surface area contributed by atoms with Gasteiger partial charge in [-0.2, -0.15) is 0 Å². The van der Waals surface area contributed by atoms with Crippen LogP contribution in [0.3, 0.4) is 0 Å². The molecule has 0 aliphatic carbocycles. The van der Waals surface area contributed by atoms with Crippen molar-refractivity contribution in [3.05, 3.63) is 48.3 Å². The fraction of sp³-hybridized carbons (Fsp3) is 0.333. The van der Waals surface area contributed by atoms with Gasteiger partial charge < -0.3 is 15.5 Å². The van der Waals surface area contributed by atoms with Crippen molar-refractivity contribution in [2.75, 3.05) is 42.9 Å². The molecule has 0 amide bonds. The van der Waals surface area contributed by atoms with Gasteiger partial charge in [0, 0.05) is 38.4 Å². The first-order chi connectivity index (χ1) is 12.0. The first kappa shape index (κ1) is 17.7. The van der Waals surface area contributed by atoms with Gasteiger partial charge in [0.1, 0.15) is 5.82 Å². The van der Waals surface area contributed by atoms with Crippen molar-refractivity contribution >= 4 is 21.2 Å². The molecular weight excluding hydrogens is 341 g/mol. The van der Waals surface area contributed by atoms with E-state index in [0.29, 0.717) is 12.2 Å². The van der Waals surface area contributed by atoms with Gasteiger partial charge in [0.2, 0.25) is 9.84 Å². The highest BCUT2D eigenvalue weighted by atomic mass is 32.2. The molecule has 0 atom stereocenters. The van der Waals surface area contributed by atoms with E-state index in [1.807, 2.05) is 19.1 Å². The Morgan fingerprint density at radius 1 is 1.12 bits per heavy atom. The largest absolute Gasteiger partial charge is 0.384 e. The molecule has 3 rings (SSSR count). The summed E-state index contributed by atoms with van der Waals surface area (Å²) in [5.74, 6) is -0.458. The van der Waals surface area contributed by atoms with Crippen LogP contribution in [0.25, 0.3) is 0 Å². The summed E-state index contributed by atoms with van der Waals surface area (Å²) in [4.78, 5) is 2.52. The third kappa shape index (κ3) is 3.77. The Kier molecular flexibility index (Phi) is 5.24.